The fraction of sp³-hybridized carbons (Fsp3) is 0.333. The van der Waals surface area contributed by atoms with Gasteiger partial charge in [0, 0.05) is 40.6 Å². The van der Waals surface area contributed by atoms with E-state index in [9.17, 15) is 0 Å². The lowest BCUT2D eigenvalue weighted by Gasteiger charge is -2.13. The minimum absolute atomic E-state index is 0.0583. The maximum Gasteiger partial charge on any atom is 0.0499 e. The van der Waals surface area contributed by atoms with Gasteiger partial charge in [0.25, 0.3) is 0 Å². The van der Waals surface area contributed by atoms with E-state index in [1.165, 1.54) is 0 Å². The van der Waals surface area contributed by atoms with E-state index in [-0.39, 0.29) is 6.04 Å². The Morgan fingerprint density at radius 3 is 2.37 bits per heavy atom. The molecule has 1 aromatic carbocycles. The normalized spacial score (nSPS) is 12.9. The lowest BCUT2D eigenvalue weighted by atomic mass is 10.00. The standard InChI is InChI=1S/C15H18Cl2N2/c1-10(2)15(18)11-6-7-19(8-11)9-12-13(16)4-3-5-14(12)17/h3-8,10,15H,9,18H2,1-2H3. The first-order valence-corrected chi connectivity index (χ1v) is 7.08. The van der Waals surface area contributed by atoms with Crippen LogP contribution in [0.3, 0.4) is 0 Å². The predicted molar refractivity (Wildman–Crippen MR) is 81.8 cm³/mol. The van der Waals surface area contributed by atoms with Gasteiger partial charge in [0.15, 0.2) is 0 Å². The summed E-state index contributed by atoms with van der Waals surface area (Å²) in [4.78, 5) is 0. The fourth-order valence-corrected chi connectivity index (χ4v) is 2.52. The molecule has 1 unspecified atom stereocenters. The summed E-state index contributed by atoms with van der Waals surface area (Å²) in [6.45, 7) is 4.89. The van der Waals surface area contributed by atoms with Gasteiger partial charge in [0.05, 0.1) is 0 Å². The number of halogens is 2. The molecule has 102 valence electrons. The third kappa shape index (κ3) is 3.33. The predicted octanol–water partition coefficient (Wildman–Crippen LogP) is 4.50. The van der Waals surface area contributed by atoms with Crippen LogP contribution < -0.4 is 5.73 Å². The molecule has 1 heterocycles. The smallest absolute Gasteiger partial charge is 0.0499 e. The highest BCUT2D eigenvalue weighted by Crippen LogP contribution is 2.26. The molecule has 2 nitrogen and oxygen atoms in total. The highest BCUT2D eigenvalue weighted by molar-refractivity contribution is 6.35. The molecule has 0 aliphatic carbocycles. The van der Waals surface area contributed by atoms with Crippen molar-refractivity contribution in [3.05, 3.63) is 57.8 Å². The van der Waals surface area contributed by atoms with Gasteiger partial charge in [-0.15, -0.1) is 0 Å². The van der Waals surface area contributed by atoms with Crippen molar-refractivity contribution >= 4 is 23.2 Å². The van der Waals surface area contributed by atoms with Crippen molar-refractivity contribution in [1.82, 2.24) is 4.57 Å². The van der Waals surface area contributed by atoms with Crippen molar-refractivity contribution in [2.24, 2.45) is 11.7 Å². The summed E-state index contributed by atoms with van der Waals surface area (Å²) >= 11 is 12.4. The monoisotopic (exact) mass is 296 g/mol. The number of nitrogens with two attached hydrogens (primary N) is 1. The van der Waals surface area contributed by atoms with Gasteiger partial charge in [0.1, 0.15) is 0 Å². The Morgan fingerprint density at radius 2 is 1.79 bits per heavy atom. The van der Waals surface area contributed by atoms with Crippen LogP contribution in [0.4, 0.5) is 0 Å². The summed E-state index contributed by atoms with van der Waals surface area (Å²) in [6, 6.07) is 7.67. The maximum absolute atomic E-state index is 6.18. The molecule has 0 saturated heterocycles. The lowest BCUT2D eigenvalue weighted by molar-refractivity contribution is 0.513. The van der Waals surface area contributed by atoms with Crippen molar-refractivity contribution in [1.29, 1.82) is 0 Å². The summed E-state index contributed by atoms with van der Waals surface area (Å²) in [5.41, 5.74) is 8.21. The van der Waals surface area contributed by atoms with Gasteiger partial charge in [-0.2, -0.15) is 0 Å². The molecule has 1 aromatic heterocycles. The zero-order valence-corrected chi connectivity index (χ0v) is 12.6. The largest absolute Gasteiger partial charge is 0.349 e. The minimum atomic E-state index is 0.0583. The first-order valence-electron chi connectivity index (χ1n) is 6.33. The summed E-state index contributed by atoms with van der Waals surface area (Å²) in [5.74, 6) is 0.416. The topological polar surface area (TPSA) is 30.9 Å². The second kappa shape index (κ2) is 6.00. The molecule has 0 aliphatic rings. The number of hydrogen-bond acceptors (Lipinski definition) is 1. The van der Waals surface area contributed by atoms with E-state index >= 15 is 0 Å². The Balaban J connectivity index is 2.21. The van der Waals surface area contributed by atoms with Crippen LogP contribution in [-0.4, -0.2) is 4.57 Å². The Kier molecular flexibility index (Phi) is 4.56. The summed E-state index contributed by atoms with van der Waals surface area (Å²) in [7, 11) is 0. The fourth-order valence-electron chi connectivity index (χ4n) is 2.01. The first-order chi connectivity index (χ1) is 8.99. The third-order valence-corrected chi connectivity index (χ3v) is 3.99. The van der Waals surface area contributed by atoms with E-state index in [4.69, 9.17) is 28.9 Å². The molecule has 19 heavy (non-hydrogen) atoms. The molecule has 0 spiro atoms. The molecule has 2 aromatic rings. The van der Waals surface area contributed by atoms with E-state index < -0.39 is 0 Å². The van der Waals surface area contributed by atoms with Gasteiger partial charge in [-0.25, -0.2) is 0 Å². The molecule has 0 bridgehead atoms. The second-order valence-electron chi connectivity index (χ2n) is 5.09. The van der Waals surface area contributed by atoms with Gasteiger partial charge in [0.2, 0.25) is 0 Å². The van der Waals surface area contributed by atoms with Gasteiger partial charge in [-0.3, -0.25) is 0 Å². The number of nitrogens with zero attached hydrogens (tertiary/aromatic N) is 1. The van der Waals surface area contributed by atoms with Crippen LogP contribution in [0.2, 0.25) is 10.0 Å². The molecular weight excluding hydrogens is 279 g/mol. The molecular formula is C15H18Cl2N2. The van der Waals surface area contributed by atoms with Crippen molar-refractivity contribution in [2.45, 2.75) is 26.4 Å². The molecule has 0 amide bonds. The van der Waals surface area contributed by atoms with E-state index in [1.54, 1.807) is 0 Å². The van der Waals surface area contributed by atoms with E-state index in [0.717, 1.165) is 11.1 Å². The highest BCUT2D eigenvalue weighted by Gasteiger charge is 2.12. The average Bonchev–Trinajstić information content (AvgIpc) is 2.81. The lowest BCUT2D eigenvalue weighted by Crippen LogP contribution is -2.15. The number of benzene rings is 1. The summed E-state index contributed by atoms with van der Waals surface area (Å²) < 4.78 is 2.06. The van der Waals surface area contributed by atoms with Crippen LogP contribution in [0.1, 0.15) is 31.0 Å². The quantitative estimate of drug-likeness (QED) is 0.885. The minimum Gasteiger partial charge on any atom is -0.349 e. The van der Waals surface area contributed by atoms with Gasteiger partial charge in [-0.05, 0) is 29.7 Å². The van der Waals surface area contributed by atoms with Crippen LogP contribution in [0.5, 0.6) is 0 Å². The number of aromatic nitrogens is 1. The zero-order chi connectivity index (χ0) is 14.0. The Morgan fingerprint density at radius 1 is 1.16 bits per heavy atom. The number of rotatable bonds is 4. The highest BCUT2D eigenvalue weighted by atomic mass is 35.5. The zero-order valence-electron chi connectivity index (χ0n) is 11.1. The van der Waals surface area contributed by atoms with E-state index in [0.29, 0.717) is 22.5 Å². The summed E-state index contributed by atoms with van der Waals surface area (Å²) in [5, 5.41) is 1.38. The Hall–Kier alpha value is -0.960. The van der Waals surface area contributed by atoms with Crippen molar-refractivity contribution in [3.63, 3.8) is 0 Å². The van der Waals surface area contributed by atoms with Crippen LogP contribution in [0.15, 0.2) is 36.7 Å². The third-order valence-electron chi connectivity index (χ3n) is 3.28. The molecule has 4 heteroatoms. The van der Waals surface area contributed by atoms with Crippen molar-refractivity contribution in [3.8, 4) is 0 Å². The number of hydrogen-bond donors (Lipinski definition) is 1. The van der Waals surface area contributed by atoms with Crippen LogP contribution in [-0.2, 0) is 6.54 Å². The first kappa shape index (κ1) is 14.4. The van der Waals surface area contributed by atoms with E-state index in [2.05, 4.69) is 30.7 Å². The molecule has 1 atom stereocenters. The maximum atomic E-state index is 6.18. The molecule has 2 N–H and O–H groups in total. The average molecular weight is 297 g/mol. The van der Waals surface area contributed by atoms with E-state index in [1.807, 2.05) is 24.4 Å². The second-order valence-corrected chi connectivity index (χ2v) is 5.90. The van der Waals surface area contributed by atoms with Gasteiger partial charge >= 0.3 is 0 Å². The van der Waals surface area contributed by atoms with Crippen LogP contribution in [0.25, 0.3) is 0 Å². The van der Waals surface area contributed by atoms with Gasteiger partial charge in [-0.1, -0.05) is 43.1 Å². The van der Waals surface area contributed by atoms with Gasteiger partial charge < -0.3 is 10.3 Å². The Labute approximate surface area is 124 Å². The Bertz CT molecular complexity index is 541. The van der Waals surface area contributed by atoms with Crippen molar-refractivity contribution in [2.75, 3.05) is 0 Å². The summed E-state index contributed by atoms with van der Waals surface area (Å²) in [6.07, 6.45) is 4.07. The molecule has 0 radical (unpaired) electrons. The molecule has 0 saturated carbocycles. The van der Waals surface area contributed by atoms with Crippen LogP contribution >= 0.6 is 23.2 Å². The molecule has 0 fully saturated rings. The molecule has 2 rings (SSSR count). The SMILES string of the molecule is CC(C)C(N)c1ccn(Cc2c(Cl)cccc2Cl)c1. The molecule has 0 aliphatic heterocycles. The van der Waals surface area contributed by atoms with Crippen LogP contribution in [0, 0.1) is 5.92 Å². The van der Waals surface area contributed by atoms with Crippen molar-refractivity contribution < 1.29 is 0 Å².